The Morgan fingerprint density at radius 2 is 2.14 bits per heavy atom. The van der Waals surface area contributed by atoms with Crippen molar-refractivity contribution in [2.45, 2.75) is 31.8 Å². The lowest BCUT2D eigenvalue weighted by atomic mass is 10.0. The van der Waals surface area contributed by atoms with E-state index in [1.54, 1.807) is 0 Å². The van der Waals surface area contributed by atoms with Gasteiger partial charge in [-0.15, -0.1) is 0 Å². The van der Waals surface area contributed by atoms with Gasteiger partial charge in [0.2, 0.25) is 0 Å². The molecular weight excluding hydrogens is 260 g/mol. The van der Waals surface area contributed by atoms with Gasteiger partial charge < -0.3 is 10.6 Å². The van der Waals surface area contributed by atoms with Crippen molar-refractivity contribution in [3.05, 3.63) is 30.6 Å². The van der Waals surface area contributed by atoms with E-state index in [9.17, 15) is 0 Å². The molecule has 4 heteroatoms. The van der Waals surface area contributed by atoms with Crippen LogP contribution in [0.1, 0.15) is 19.8 Å². The highest BCUT2D eigenvalue weighted by Crippen LogP contribution is 2.35. The van der Waals surface area contributed by atoms with Gasteiger partial charge in [-0.05, 0) is 38.4 Å². The predicted octanol–water partition coefficient (Wildman–Crippen LogP) is 2.49. The summed E-state index contributed by atoms with van der Waals surface area (Å²) in [5.74, 6) is 0. The summed E-state index contributed by atoms with van der Waals surface area (Å²) in [6.07, 6.45) is 6.36. The molecule has 2 N–H and O–H groups in total. The van der Waals surface area contributed by atoms with Crippen LogP contribution < -0.4 is 10.6 Å². The summed E-state index contributed by atoms with van der Waals surface area (Å²) in [5.41, 5.74) is 8.55. The topological polar surface area (TPSA) is 45.4 Å². The Labute approximate surface area is 125 Å². The normalized spacial score (nSPS) is 26.2. The van der Waals surface area contributed by atoms with Crippen LogP contribution in [0.3, 0.4) is 0 Å². The summed E-state index contributed by atoms with van der Waals surface area (Å²) >= 11 is 0. The number of piperazine rings is 1. The molecule has 2 unspecified atom stereocenters. The second-order valence-electron chi connectivity index (χ2n) is 6.39. The third kappa shape index (κ3) is 2.05. The minimum atomic E-state index is 0.515. The molecule has 2 aliphatic rings. The number of anilines is 2. The molecular formula is C17H22N4. The van der Waals surface area contributed by atoms with Gasteiger partial charge in [0.1, 0.15) is 0 Å². The maximum atomic E-state index is 6.47. The van der Waals surface area contributed by atoms with Crippen molar-refractivity contribution < 1.29 is 0 Å². The van der Waals surface area contributed by atoms with Gasteiger partial charge in [0.25, 0.3) is 0 Å². The van der Waals surface area contributed by atoms with E-state index in [0.717, 1.165) is 29.5 Å². The standard InChI is InChI=1S/C17H22N4/c1-12-10-20-8-2-3-14(20)11-21(12)16-5-4-13-9-19-7-6-15(13)17(16)18/h4-7,9,12,14H,2-3,8,10-11,18H2,1H3. The minimum absolute atomic E-state index is 0.515. The second kappa shape index (κ2) is 4.88. The van der Waals surface area contributed by atoms with Crippen molar-refractivity contribution in [1.82, 2.24) is 9.88 Å². The van der Waals surface area contributed by atoms with Crippen molar-refractivity contribution in [2.24, 2.45) is 0 Å². The summed E-state index contributed by atoms with van der Waals surface area (Å²) in [5, 5.41) is 2.23. The zero-order chi connectivity index (χ0) is 14.4. The summed E-state index contributed by atoms with van der Waals surface area (Å²) in [6.45, 7) is 5.83. The van der Waals surface area contributed by atoms with Gasteiger partial charge in [-0.25, -0.2) is 0 Å². The predicted molar refractivity (Wildman–Crippen MR) is 87.6 cm³/mol. The molecule has 4 nitrogen and oxygen atoms in total. The average molecular weight is 282 g/mol. The molecule has 0 aliphatic carbocycles. The van der Waals surface area contributed by atoms with E-state index in [1.165, 1.54) is 25.1 Å². The second-order valence-corrected chi connectivity index (χ2v) is 6.39. The van der Waals surface area contributed by atoms with E-state index < -0.39 is 0 Å². The van der Waals surface area contributed by atoms with Gasteiger partial charge >= 0.3 is 0 Å². The zero-order valence-corrected chi connectivity index (χ0v) is 12.5. The SMILES string of the molecule is CC1CN2CCCC2CN1c1ccc2cnccc2c1N. The first-order valence-electron chi connectivity index (χ1n) is 7.87. The lowest BCUT2D eigenvalue weighted by Crippen LogP contribution is -2.55. The van der Waals surface area contributed by atoms with Crippen molar-refractivity contribution in [3.63, 3.8) is 0 Å². The number of aromatic nitrogens is 1. The quantitative estimate of drug-likeness (QED) is 0.816. The molecule has 4 rings (SSSR count). The van der Waals surface area contributed by atoms with Crippen LogP contribution in [0.2, 0.25) is 0 Å². The first-order valence-corrected chi connectivity index (χ1v) is 7.87. The van der Waals surface area contributed by atoms with Crippen LogP contribution in [0.25, 0.3) is 10.8 Å². The Balaban J connectivity index is 1.74. The third-order valence-electron chi connectivity index (χ3n) is 5.09. The first kappa shape index (κ1) is 12.9. The molecule has 2 aliphatic heterocycles. The number of hydrogen-bond acceptors (Lipinski definition) is 4. The van der Waals surface area contributed by atoms with E-state index in [1.807, 2.05) is 18.5 Å². The zero-order valence-electron chi connectivity index (χ0n) is 12.5. The third-order valence-corrected chi connectivity index (χ3v) is 5.09. The lowest BCUT2D eigenvalue weighted by Gasteiger charge is -2.44. The molecule has 110 valence electrons. The highest BCUT2D eigenvalue weighted by atomic mass is 15.3. The molecule has 2 aromatic rings. The van der Waals surface area contributed by atoms with Crippen molar-refractivity contribution in [1.29, 1.82) is 0 Å². The minimum Gasteiger partial charge on any atom is -0.397 e. The Morgan fingerprint density at radius 3 is 3.05 bits per heavy atom. The van der Waals surface area contributed by atoms with Crippen molar-refractivity contribution in [2.75, 3.05) is 30.3 Å². The molecule has 2 atom stereocenters. The Bertz CT molecular complexity index is 669. The van der Waals surface area contributed by atoms with Crippen LogP contribution in [0.5, 0.6) is 0 Å². The molecule has 3 heterocycles. The van der Waals surface area contributed by atoms with Gasteiger partial charge in [0.05, 0.1) is 11.4 Å². The number of nitrogens with zero attached hydrogens (tertiary/aromatic N) is 3. The maximum absolute atomic E-state index is 6.47. The molecule has 2 saturated heterocycles. The van der Waals surface area contributed by atoms with E-state index in [-0.39, 0.29) is 0 Å². The lowest BCUT2D eigenvalue weighted by molar-refractivity contribution is 0.203. The number of pyridine rings is 1. The molecule has 0 saturated carbocycles. The summed E-state index contributed by atoms with van der Waals surface area (Å²) in [6, 6.07) is 7.54. The summed E-state index contributed by atoms with van der Waals surface area (Å²) < 4.78 is 0. The van der Waals surface area contributed by atoms with Crippen LogP contribution in [-0.4, -0.2) is 41.6 Å². The molecule has 0 spiro atoms. The fraction of sp³-hybridized carbons (Fsp3) is 0.471. The van der Waals surface area contributed by atoms with E-state index in [4.69, 9.17) is 5.73 Å². The molecule has 1 aromatic carbocycles. The maximum Gasteiger partial charge on any atom is 0.0632 e. The molecule has 2 fully saturated rings. The Morgan fingerprint density at radius 1 is 1.24 bits per heavy atom. The van der Waals surface area contributed by atoms with Crippen molar-refractivity contribution in [3.8, 4) is 0 Å². The largest absolute Gasteiger partial charge is 0.397 e. The average Bonchev–Trinajstić information content (AvgIpc) is 2.94. The monoisotopic (exact) mass is 282 g/mol. The van der Waals surface area contributed by atoms with Crippen LogP contribution in [0.4, 0.5) is 11.4 Å². The number of nitrogens with two attached hydrogens (primary N) is 1. The number of nitrogen functional groups attached to an aromatic ring is 1. The van der Waals surface area contributed by atoms with Gasteiger partial charge in [-0.2, -0.15) is 0 Å². The molecule has 0 amide bonds. The summed E-state index contributed by atoms with van der Waals surface area (Å²) in [4.78, 5) is 9.32. The van der Waals surface area contributed by atoms with Gasteiger partial charge in [0, 0.05) is 48.3 Å². The van der Waals surface area contributed by atoms with Gasteiger partial charge in [-0.1, -0.05) is 6.07 Å². The molecule has 0 bridgehead atoms. The van der Waals surface area contributed by atoms with E-state index in [0.29, 0.717) is 12.1 Å². The Hall–Kier alpha value is -1.81. The number of fused-ring (bicyclic) bond motifs is 2. The molecule has 0 radical (unpaired) electrons. The smallest absolute Gasteiger partial charge is 0.0632 e. The van der Waals surface area contributed by atoms with E-state index >= 15 is 0 Å². The van der Waals surface area contributed by atoms with E-state index in [2.05, 4.69) is 33.8 Å². The van der Waals surface area contributed by atoms with Crippen LogP contribution in [-0.2, 0) is 0 Å². The fourth-order valence-electron chi connectivity index (χ4n) is 3.95. The summed E-state index contributed by atoms with van der Waals surface area (Å²) in [7, 11) is 0. The number of rotatable bonds is 1. The molecule has 21 heavy (non-hydrogen) atoms. The number of benzene rings is 1. The number of hydrogen-bond donors (Lipinski definition) is 1. The van der Waals surface area contributed by atoms with Gasteiger partial charge in [0.15, 0.2) is 0 Å². The van der Waals surface area contributed by atoms with Crippen LogP contribution in [0.15, 0.2) is 30.6 Å². The Kier molecular flexibility index (Phi) is 3.00. The van der Waals surface area contributed by atoms with Crippen LogP contribution in [0, 0.1) is 0 Å². The first-order chi connectivity index (χ1) is 10.2. The van der Waals surface area contributed by atoms with Crippen molar-refractivity contribution >= 4 is 22.1 Å². The highest BCUT2D eigenvalue weighted by Gasteiger charge is 2.35. The fourth-order valence-corrected chi connectivity index (χ4v) is 3.95. The highest BCUT2D eigenvalue weighted by molar-refractivity contribution is 5.98. The molecule has 1 aromatic heterocycles. The van der Waals surface area contributed by atoms with Gasteiger partial charge in [-0.3, -0.25) is 9.88 Å². The van der Waals surface area contributed by atoms with Crippen LogP contribution >= 0.6 is 0 Å².